The van der Waals surface area contributed by atoms with Gasteiger partial charge in [0, 0.05) is 18.6 Å². The third kappa shape index (κ3) is 2.03. The van der Waals surface area contributed by atoms with Crippen LogP contribution in [0.1, 0.15) is 18.9 Å². The van der Waals surface area contributed by atoms with Gasteiger partial charge >= 0.3 is 0 Å². The van der Waals surface area contributed by atoms with Crippen LogP contribution >= 0.6 is 0 Å². The molecular formula is C14H17N3O2S. The summed E-state index contributed by atoms with van der Waals surface area (Å²) in [5, 5.41) is 12.2. The van der Waals surface area contributed by atoms with Crippen LogP contribution in [-0.4, -0.2) is 37.9 Å². The highest BCUT2D eigenvalue weighted by Gasteiger charge is 2.47. The van der Waals surface area contributed by atoms with Crippen LogP contribution in [0.15, 0.2) is 29.2 Å². The van der Waals surface area contributed by atoms with Gasteiger partial charge in [-0.2, -0.15) is 9.57 Å². The van der Waals surface area contributed by atoms with Crippen molar-refractivity contribution in [3.63, 3.8) is 0 Å². The van der Waals surface area contributed by atoms with Crippen LogP contribution in [0, 0.1) is 17.2 Å². The van der Waals surface area contributed by atoms with Crippen molar-refractivity contribution in [2.75, 3.05) is 13.1 Å². The normalized spacial score (nSPS) is 30.1. The molecule has 0 saturated carbocycles. The van der Waals surface area contributed by atoms with Crippen molar-refractivity contribution >= 4 is 10.0 Å². The van der Waals surface area contributed by atoms with Gasteiger partial charge in [0.15, 0.2) is 0 Å². The summed E-state index contributed by atoms with van der Waals surface area (Å²) in [4.78, 5) is 0.218. The first-order valence-electron chi connectivity index (χ1n) is 6.78. The molecule has 5 nitrogen and oxygen atoms in total. The van der Waals surface area contributed by atoms with E-state index in [0.29, 0.717) is 18.0 Å². The maximum atomic E-state index is 12.8. The molecule has 0 aliphatic carbocycles. The zero-order valence-electron chi connectivity index (χ0n) is 11.3. The summed E-state index contributed by atoms with van der Waals surface area (Å²) < 4.78 is 27.3. The Bertz CT molecular complexity index is 665. The van der Waals surface area contributed by atoms with Gasteiger partial charge in [0.1, 0.15) is 0 Å². The smallest absolute Gasteiger partial charge is 0.243 e. The van der Waals surface area contributed by atoms with Crippen molar-refractivity contribution in [3.8, 4) is 6.07 Å². The van der Waals surface area contributed by atoms with Crippen LogP contribution in [0.5, 0.6) is 0 Å². The van der Waals surface area contributed by atoms with E-state index in [4.69, 9.17) is 5.26 Å². The van der Waals surface area contributed by atoms with Crippen molar-refractivity contribution in [2.24, 2.45) is 5.92 Å². The Morgan fingerprint density at radius 3 is 2.95 bits per heavy atom. The topological polar surface area (TPSA) is 73.2 Å². The van der Waals surface area contributed by atoms with Gasteiger partial charge in [0.05, 0.1) is 16.5 Å². The number of nitrogens with one attached hydrogen (secondary N) is 1. The molecule has 0 spiro atoms. The first kappa shape index (κ1) is 13.6. The standard InChI is InChI=1S/C14H17N3O2S/c1-10-5-12-8-16-9-14(12)17(10)20(18,19)13-4-2-3-11(6-13)7-15/h2-4,6,10,12,14,16H,5,8-9H2,1H3. The first-order valence-corrected chi connectivity index (χ1v) is 8.22. The number of benzene rings is 1. The molecule has 1 aromatic rings. The molecule has 2 aliphatic heterocycles. The highest BCUT2D eigenvalue weighted by molar-refractivity contribution is 7.89. The summed E-state index contributed by atoms with van der Waals surface area (Å²) in [7, 11) is -3.53. The summed E-state index contributed by atoms with van der Waals surface area (Å²) in [6.07, 6.45) is 0.898. The maximum absolute atomic E-state index is 12.8. The highest BCUT2D eigenvalue weighted by atomic mass is 32.2. The van der Waals surface area contributed by atoms with E-state index in [9.17, 15) is 8.42 Å². The molecule has 2 saturated heterocycles. The Morgan fingerprint density at radius 1 is 1.40 bits per heavy atom. The van der Waals surface area contributed by atoms with Crippen molar-refractivity contribution in [1.29, 1.82) is 5.26 Å². The number of fused-ring (bicyclic) bond motifs is 1. The molecule has 0 bridgehead atoms. The molecule has 6 heteroatoms. The zero-order valence-corrected chi connectivity index (χ0v) is 12.1. The molecule has 106 valence electrons. The molecule has 3 rings (SSSR count). The molecule has 1 aromatic carbocycles. The minimum atomic E-state index is -3.53. The van der Waals surface area contributed by atoms with Crippen LogP contribution in [0.2, 0.25) is 0 Å². The maximum Gasteiger partial charge on any atom is 0.243 e. The lowest BCUT2D eigenvalue weighted by Crippen LogP contribution is -2.42. The fraction of sp³-hybridized carbons (Fsp3) is 0.500. The molecule has 0 radical (unpaired) electrons. The van der Waals surface area contributed by atoms with E-state index in [1.165, 1.54) is 6.07 Å². The van der Waals surface area contributed by atoms with E-state index in [-0.39, 0.29) is 17.0 Å². The Morgan fingerprint density at radius 2 is 2.20 bits per heavy atom. The van der Waals surface area contributed by atoms with E-state index in [2.05, 4.69) is 5.32 Å². The summed E-state index contributed by atoms with van der Waals surface area (Å²) in [5.41, 5.74) is 0.374. The van der Waals surface area contributed by atoms with Gasteiger partial charge in [-0.3, -0.25) is 0 Å². The predicted octanol–water partition coefficient (Wildman–Crippen LogP) is 0.929. The van der Waals surface area contributed by atoms with E-state index in [1.807, 2.05) is 13.0 Å². The fourth-order valence-corrected chi connectivity index (χ4v) is 5.32. The quantitative estimate of drug-likeness (QED) is 0.879. The van der Waals surface area contributed by atoms with E-state index in [1.54, 1.807) is 22.5 Å². The Hall–Kier alpha value is -1.42. The monoisotopic (exact) mass is 291 g/mol. The fourth-order valence-electron chi connectivity index (χ4n) is 3.39. The molecule has 0 amide bonds. The molecule has 1 N–H and O–H groups in total. The number of rotatable bonds is 2. The minimum Gasteiger partial charge on any atom is -0.315 e. The molecule has 2 fully saturated rings. The van der Waals surface area contributed by atoms with Gasteiger partial charge in [0.25, 0.3) is 0 Å². The largest absolute Gasteiger partial charge is 0.315 e. The zero-order chi connectivity index (χ0) is 14.3. The van der Waals surface area contributed by atoms with E-state index >= 15 is 0 Å². The van der Waals surface area contributed by atoms with Crippen LogP contribution in [0.25, 0.3) is 0 Å². The second kappa shape index (κ2) is 4.85. The lowest BCUT2D eigenvalue weighted by molar-refractivity contribution is 0.336. The summed E-state index contributed by atoms with van der Waals surface area (Å²) >= 11 is 0. The van der Waals surface area contributed by atoms with Crippen molar-refractivity contribution < 1.29 is 8.42 Å². The number of hydrogen-bond donors (Lipinski definition) is 1. The lowest BCUT2D eigenvalue weighted by Gasteiger charge is -2.26. The number of nitriles is 1. The molecule has 3 unspecified atom stereocenters. The van der Waals surface area contributed by atoms with Gasteiger partial charge < -0.3 is 5.32 Å². The second-order valence-electron chi connectivity index (χ2n) is 5.54. The first-order chi connectivity index (χ1) is 9.54. The number of hydrogen-bond acceptors (Lipinski definition) is 4. The van der Waals surface area contributed by atoms with E-state index < -0.39 is 10.0 Å². The second-order valence-corrected chi connectivity index (χ2v) is 7.39. The van der Waals surface area contributed by atoms with Gasteiger partial charge in [-0.25, -0.2) is 8.42 Å². The predicted molar refractivity (Wildman–Crippen MR) is 74.4 cm³/mol. The average Bonchev–Trinajstić information content (AvgIpc) is 2.98. The molecule has 20 heavy (non-hydrogen) atoms. The number of nitrogens with zero attached hydrogens (tertiary/aromatic N) is 2. The SMILES string of the molecule is CC1CC2CNCC2N1S(=O)(=O)c1cccc(C#N)c1. The Balaban J connectivity index is 2.01. The average molecular weight is 291 g/mol. The third-order valence-corrected chi connectivity index (χ3v) is 6.28. The number of sulfonamides is 1. The summed E-state index contributed by atoms with van der Waals surface area (Å²) in [6.45, 7) is 3.56. The van der Waals surface area contributed by atoms with Crippen LogP contribution in [0.4, 0.5) is 0 Å². The van der Waals surface area contributed by atoms with E-state index in [0.717, 1.165) is 13.0 Å². The Labute approximate surface area is 119 Å². The van der Waals surface area contributed by atoms with Crippen LogP contribution < -0.4 is 5.32 Å². The van der Waals surface area contributed by atoms with Gasteiger partial charge in [-0.1, -0.05) is 6.07 Å². The van der Waals surface area contributed by atoms with Gasteiger partial charge in [-0.15, -0.1) is 0 Å². The lowest BCUT2D eigenvalue weighted by atomic mass is 10.0. The van der Waals surface area contributed by atoms with Crippen LogP contribution in [-0.2, 0) is 10.0 Å². The van der Waals surface area contributed by atoms with Gasteiger partial charge in [0.2, 0.25) is 10.0 Å². The molecule has 2 heterocycles. The summed E-state index contributed by atoms with van der Waals surface area (Å²) in [5.74, 6) is 0.402. The Kier molecular flexibility index (Phi) is 3.28. The molecule has 2 aliphatic rings. The molecular weight excluding hydrogens is 274 g/mol. The molecule has 3 atom stereocenters. The van der Waals surface area contributed by atoms with Gasteiger partial charge in [-0.05, 0) is 44.0 Å². The van der Waals surface area contributed by atoms with Crippen LogP contribution in [0.3, 0.4) is 0 Å². The minimum absolute atomic E-state index is 0.0165. The molecule has 0 aromatic heterocycles. The summed E-state index contributed by atoms with van der Waals surface area (Å²) in [6, 6.07) is 8.31. The van der Waals surface area contributed by atoms with Crippen molar-refractivity contribution in [1.82, 2.24) is 9.62 Å². The van der Waals surface area contributed by atoms with Crippen molar-refractivity contribution in [2.45, 2.75) is 30.3 Å². The highest BCUT2D eigenvalue weighted by Crippen LogP contribution is 2.36. The third-order valence-electron chi connectivity index (χ3n) is 4.25. The van der Waals surface area contributed by atoms with Crippen molar-refractivity contribution in [3.05, 3.63) is 29.8 Å².